The summed E-state index contributed by atoms with van der Waals surface area (Å²) in [6.45, 7) is 0.271. The normalized spacial score (nSPS) is 11.4. The molecule has 1 amide bonds. The van der Waals surface area contributed by atoms with Crippen LogP contribution in [0.15, 0.2) is 0 Å². The second kappa shape index (κ2) is 5.30. The first kappa shape index (κ1) is 9.51. The number of nitrogens with zero attached hydrogens (tertiary/aromatic N) is 1. The van der Waals surface area contributed by atoms with E-state index in [1.807, 2.05) is 0 Å². The van der Waals surface area contributed by atoms with Crippen LogP contribution in [0.4, 0.5) is 0 Å². The Morgan fingerprint density at radius 1 is 2.00 bits per heavy atom. The van der Waals surface area contributed by atoms with Gasteiger partial charge in [-0.1, -0.05) is 0 Å². The molecule has 51 valence electrons. The van der Waals surface area contributed by atoms with E-state index in [1.54, 1.807) is 12.1 Å². The fourth-order valence-corrected chi connectivity index (χ4v) is 2.48. The number of hydrogen-bond donors (Lipinski definition) is 2. The molecule has 0 aromatic rings. The molecule has 0 aliphatic heterocycles. The first-order valence-corrected chi connectivity index (χ1v) is 8.40. The number of hydrazine groups is 1. The number of hydrogen-bond acceptors (Lipinski definition) is 3. The summed E-state index contributed by atoms with van der Waals surface area (Å²) in [5.74, 6) is -0.313. The third kappa shape index (κ3) is 6.39. The van der Waals surface area contributed by atoms with Crippen LogP contribution < -0.4 is 10.1 Å². The van der Waals surface area contributed by atoms with Gasteiger partial charge in [0.05, 0.1) is 0 Å². The van der Waals surface area contributed by atoms with E-state index in [4.69, 9.17) is 5.73 Å². The molecule has 0 fully saturated rings. The monoisotopic (exact) mass is 252 g/mol. The Balaban J connectivity index is 3.26. The van der Waals surface area contributed by atoms with Crippen molar-refractivity contribution in [3.63, 3.8) is 0 Å². The minimum absolute atomic E-state index is 0.0599. The Morgan fingerprint density at radius 3 is 2.89 bits per heavy atom. The van der Waals surface area contributed by atoms with E-state index in [2.05, 4.69) is 19.1 Å². The van der Waals surface area contributed by atoms with Crippen molar-refractivity contribution < 1.29 is 4.79 Å². The number of primary amides is 1. The van der Waals surface area contributed by atoms with Crippen LogP contribution in [-0.2, 0) is 4.79 Å². The summed E-state index contributed by atoms with van der Waals surface area (Å²) < 4.78 is 2.98. The van der Waals surface area contributed by atoms with Gasteiger partial charge in [-0.3, -0.25) is 0 Å². The van der Waals surface area contributed by atoms with Crippen LogP contribution in [-0.4, -0.2) is 53.2 Å². The molecule has 0 saturated heterocycles. The summed E-state index contributed by atoms with van der Waals surface area (Å²) >= 11 is 2.50. The van der Waals surface area contributed by atoms with E-state index in [-0.39, 0.29) is 26.4 Å². The molecular formula is C3H8As2N3O. The van der Waals surface area contributed by atoms with Gasteiger partial charge in [0.1, 0.15) is 0 Å². The first-order chi connectivity index (χ1) is 4.16. The quantitative estimate of drug-likeness (QED) is 0.433. The van der Waals surface area contributed by atoms with Gasteiger partial charge < -0.3 is 0 Å². The van der Waals surface area contributed by atoms with Gasteiger partial charge in [0.2, 0.25) is 0 Å². The molecule has 0 rings (SSSR count). The molecule has 0 atom stereocenters. The molecule has 0 spiro atoms. The minimum atomic E-state index is -0.313. The Labute approximate surface area is 68.2 Å². The van der Waals surface area contributed by atoms with E-state index < -0.39 is 0 Å². The van der Waals surface area contributed by atoms with Crippen molar-refractivity contribution in [1.29, 1.82) is 0 Å². The summed E-state index contributed by atoms with van der Waals surface area (Å²) in [7, 11) is 1.79. The van der Waals surface area contributed by atoms with Crippen LogP contribution in [0.1, 0.15) is 0 Å². The number of carbonyl (C=O) groups excluding carboxylic acids is 1. The number of nitrogens with two attached hydrogens (primary N) is 1. The molecule has 0 bridgehead atoms. The van der Waals surface area contributed by atoms with Crippen molar-refractivity contribution in [2.45, 2.75) is 0 Å². The van der Waals surface area contributed by atoms with Gasteiger partial charge in [-0.05, 0) is 0 Å². The van der Waals surface area contributed by atoms with Crippen LogP contribution in [0.5, 0.6) is 0 Å². The SMILES string of the molecule is CN(CC(N)=O)N[As][As]. The topological polar surface area (TPSA) is 58.4 Å². The van der Waals surface area contributed by atoms with Crippen molar-refractivity contribution in [3.05, 3.63) is 0 Å². The van der Waals surface area contributed by atoms with Gasteiger partial charge in [0.15, 0.2) is 0 Å². The summed E-state index contributed by atoms with van der Waals surface area (Å²) in [5, 5.41) is 1.68. The standard InChI is InChI=1S/C3H8As2N3O/c1-8(7-5-4)2-3(6)9/h7H,2H2,1H3,(H2,6,9). The van der Waals surface area contributed by atoms with Gasteiger partial charge in [-0.25, -0.2) is 0 Å². The zero-order valence-electron chi connectivity index (χ0n) is 5.03. The van der Waals surface area contributed by atoms with Gasteiger partial charge >= 0.3 is 68.1 Å². The molecule has 6 heteroatoms. The van der Waals surface area contributed by atoms with E-state index in [1.165, 1.54) is 0 Å². The summed E-state index contributed by atoms with van der Waals surface area (Å²) in [4.78, 5) is 10.2. The van der Waals surface area contributed by atoms with E-state index >= 15 is 0 Å². The molecule has 9 heavy (non-hydrogen) atoms. The summed E-state index contributed by atoms with van der Waals surface area (Å²) in [5.41, 5.74) is 4.91. The van der Waals surface area contributed by atoms with Crippen LogP contribution in [0.25, 0.3) is 0 Å². The maximum absolute atomic E-state index is 10.2. The van der Waals surface area contributed by atoms with E-state index in [9.17, 15) is 4.79 Å². The van der Waals surface area contributed by atoms with Gasteiger partial charge in [0.25, 0.3) is 0 Å². The Hall–Kier alpha value is 0.507. The molecule has 3 N–H and O–H groups in total. The Morgan fingerprint density at radius 2 is 2.56 bits per heavy atom. The fourth-order valence-electron chi connectivity index (χ4n) is 0.345. The van der Waals surface area contributed by atoms with Crippen molar-refractivity contribution >= 4 is 34.6 Å². The molecule has 0 heterocycles. The molecular weight excluding hydrogens is 244 g/mol. The predicted octanol–water partition coefficient (Wildman–Crippen LogP) is -2.39. The molecule has 0 unspecified atom stereocenters. The third-order valence-corrected chi connectivity index (χ3v) is 2.49. The van der Waals surface area contributed by atoms with Crippen LogP contribution in [0, 0.1) is 0 Å². The predicted molar refractivity (Wildman–Crippen MR) is 36.5 cm³/mol. The number of nitrogens with one attached hydrogen (secondary N) is 1. The van der Waals surface area contributed by atoms with Crippen molar-refractivity contribution in [2.24, 2.45) is 5.73 Å². The Bertz CT molecular complexity index is 99.1. The zero-order chi connectivity index (χ0) is 7.28. The van der Waals surface area contributed by atoms with Crippen molar-refractivity contribution in [3.8, 4) is 0 Å². The van der Waals surface area contributed by atoms with Crippen LogP contribution in [0.2, 0.25) is 0 Å². The average Bonchev–Trinajstić information content (AvgIpc) is 1.63. The third-order valence-electron chi connectivity index (χ3n) is 0.608. The number of likely N-dealkylation sites (N-methyl/N-ethyl adjacent to an activating group) is 1. The molecule has 0 aromatic heterocycles. The summed E-state index contributed by atoms with van der Waals surface area (Å²) in [6.07, 6.45) is 0. The molecule has 0 aliphatic carbocycles. The first-order valence-electron chi connectivity index (χ1n) is 2.26. The second-order valence-corrected chi connectivity index (χ2v) is 4.54. The molecule has 0 aliphatic rings. The van der Waals surface area contributed by atoms with Crippen molar-refractivity contribution in [1.82, 2.24) is 9.35 Å². The number of rotatable bonds is 4. The Kier molecular flexibility index (Phi) is 5.60. The van der Waals surface area contributed by atoms with Gasteiger partial charge in [-0.2, -0.15) is 0 Å². The van der Waals surface area contributed by atoms with E-state index in [0.29, 0.717) is 0 Å². The second-order valence-electron chi connectivity index (χ2n) is 1.52. The fraction of sp³-hybridized carbons (Fsp3) is 0.667. The van der Waals surface area contributed by atoms with Crippen LogP contribution in [0.3, 0.4) is 0 Å². The van der Waals surface area contributed by atoms with Crippen molar-refractivity contribution in [2.75, 3.05) is 13.6 Å². The zero-order valence-corrected chi connectivity index (χ0v) is 8.79. The van der Waals surface area contributed by atoms with Crippen LogP contribution >= 0.6 is 0 Å². The number of amides is 1. The summed E-state index contributed by atoms with van der Waals surface area (Å²) in [6, 6.07) is 0. The van der Waals surface area contributed by atoms with E-state index in [0.717, 1.165) is 0 Å². The molecule has 0 saturated carbocycles. The maximum atomic E-state index is 10.2. The van der Waals surface area contributed by atoms with Gasteiger partial charge in [0, 0.05) is 0 Å². The number of carbonyl (C=O) groups is 1. The van der Waals surface area contributed by atoms with Gasteiger partial charge in [-0.15, -0.1) is 0 Å². The molecule has 0 aromatic carbocycles. The molecule has 4 nitrogen and oxygen atoms in total. The average molecular weight is 252 g/mol. The molecule has 3 radical (unpaired) electrons.